The number of hydrogen-bond donors (Lipinski definition) is 2. The molecule has 0 aliphatic carbocycles. The van der Waals surface area contributed by atoms with E-state index in [1.54, 1.807) is 6.20 Å². The van der Waals surface area contributed by atoms with Gasteiger partial charge in [0.05, 0.1) is 17.9 Å². The summed E-state index contributed by atoms with van der Waals surface area (Å²) in [5, 5.41) is 3.29. The van der Waals surface area contributed by atoms with Gasteiger partial charge in [-0.2, -0.15) is 0 Å². The maximum absolute atomic E-state index is 10.5. The van der Waals surface area contributed by atoms with Crippen LogP contribution in [0.2, 0.25) is 10.3 Å². The van der Waals surface area contributed by atoms with Crippen molar-refractivity contribution in [3.8, 4) is 0 Å². The first-order valence-electron chi connectivity index (χ1n) is 5.89. The highest BCUT2D eigenvalue weighted by atomic mass is 35.5. The summed E-state index contributed by atoms with van der Waals surface area (Å²) >= 11 is 11.3. The molecule has 0 unspecified atom stereocenters. The van der Waals surface area contributed by atoms with Crippen molar-refractivity contribution < 1.29 is 4.79 Å². The topological polar surface area (TPSA) is 107 Å². The lowest BCUT2D eigenvalue weighted by Gasteiger charge is -2.01. The van der Waals surface area contributed by atoms with Crippen LogP contribution >= 0.6 is 23.2 Å². The van der Waals surface area contributed by atoms with Gasteiger partial charge in [0.2, 0.25) is 5.91 Å². The third-order valence-electron chi connectivity index (χ3n) is 2.14. The number of amides is 1. The maximum atomic E-state index is 10.5. The average Bonchev–Trinajstić information content (AvgIpc) is 2.47. The van der Waals surface area contributed by atoms with Crippen molar-refractivity contribution in [3.05, 3.63) is 46.5 Å². The number of carbonyl (C=O) groups is 1. The summed E-state index contributed by atoms with van der Waals surface area (Å²) in [6, 6.07) is 0. The van der Waals surface area contributed by atoms with Gasteiger partial charge in [0, 0.05) is 38.3 Å². The Hall–Kier alpha value is -1.83. The molecule has 0 saturated carbocycles. The van der Waals surface area contributed by atoms with E-state index in [9.17, 15) is 4.79 Å². The molecule has 2 rings (SSSR count). The van der Waals surface area contributed by atoms with Crippen molar-refractivity contribution in [1.29, 1.82) is 0 Å². The summed E-state index contributed by atoms with van der Waals surface area (Å²) in [6.45, 7) is 2.10. The number of nitrogens with two attached hydrogens (primary N) is 1. The van der Waals surface area contributed by atoms with E-state index in [0.29, 0.717) is 34.8 Å². The van der Waals surface area contributed by atoms with Crippen LogP contribution in [0.1, 0.15) is 18.3 Å². The zero-order valence-electron chi connectivity index (χ0n) is 11.3. The molecule has 7 nitrogen and oxygen atoms in total. The lowest BCUT2D eigenvalue weighted by molar-refractivity contribution is -0.119. The minimum absolute atomic E-state index is 0.114. The number of nitrogens with one attached hydrogen (secondary N) is 1. The number of rotatable bonds is 3. The van der Waals surface area contributed by atoms with Gasteiger partial charge in [-0.05, 0) is 0 Å². The average molecular weight is 329 g/mol. The van der Waals surface area contributed by atoms with Gasteiger partial charge in [0.25, 0.3) is 0 Å². The SMILES string of the molecule is CC(=O)NCc1nccnc1Cl.NCc1nccnc1Cl. The molecule has 2 aromatic rings. The van der Waals surface area contributed by atoms with Gasteiger partial charge in [-0.3, -0.25) is 14.8 Å². The van der Waals surface area contributed by atoms with E-state index in [4.69, 9.17) is 28.9 Å². The molecule has 9 heteroatoms. The molecule has 0 aromatic carbocycles. The molecule has 0 atom stereocenters. The van der Waals surface area contributed by atoms with Crippen LogP contribution in [-0.2, 0) is 17.9 Å². The lowest BCUT2D eigenvalue weighted by Crippen LogP contribution is -2.19. The Morgan fingerprint density at radius 1 is 1.05 bits per heavy atom. The fourth-order valence-electron chi connectivity index (χ4n) is 1.16. The molecule has 0 aliphatic rings. The first-order valence-corrected chi connectivity index (χ1v) is 6.65. The van der Waals surface area contributed by atoms with Gasteiger partial charge in [-0.15, -0.1) is 0 Å². The standard InChI is InChI=1S/C7H8ClN3O.C5H6ClN3/c1-5(12)11-4-6-7(8)10-3-2-9-6;6-5-4(3-7)8-1-2-9-5/h2-3H,4H2,1H3,(H,11,12);1-2H,3,7H2. The number of hydrogen-bond acceptors (Lipinski definition) is 6. The Kier molecular flexibility index (Phi) is 7.52. The Morgan fingerprint density at radius 2 is 1.52 bits per heavy atom. The van der Waals surface area contributed by atoms with Crippen LogP contribution in [0, 0.1) is 0 Å². The predicted molar refractivity (Wildman–Crippen MR) is 79.5 cm³/mol. The molecule has 1 amide bonds. The van der Waals surface area contributed by atoms with Crippen molar-refractivity contribution >= 4 is 29.1 Å². The van der Waals surface area contributed by atoms with Crippen LogP contribution in [0.3, 0.4) is 0 Å². The quantitative estimate of drug-likeness (QED) is 0.880. The largest absolute Gasteiger partial charge is 0.351 e. The Labute approximate surface area is 131 Å². The summed E-state index contributed by atoms with van der Waals surface area (Å²) in [5.41, 5.74) is 6.48. The number of carbonyl (C=O) groups excluding carboxylic acids is 1. The number of aromatic nitrogens is 4. The van der Waals surface area contributed by atoms with E-state index < -0.39 is 0 Å². The fraction of sp³-hybridized carbons (Fsp3) is 0.250. The molecule has 0 aliphatic heterocycles. The van der Waals surface area contributed by atoms with Gasteiger partial charge in [0.1, 0.15) is 0 Å². The van der Waals surface area contributed by atoms with Gasteiger partial charge in [0.15, 0.2) is 10.3 Å². The second kappa shape index (κ2) is 9.17. The zero-order chi connectivity index (χ0) is 15.7. The third kappa shape index (κ3) is 6.44. The Balaban J connectivity index is 0.000000219. The van der Waals surface area contributed by atoms with Gasteiger partial charge in [-0.25, -0.2) is 9.97 Å². The molecule has 21 heavy (non-hydrogen) atoms. The molecule has 0 radical (unpaired) electrons. The summed E-state index contributed by atoms with van der Waals surface area (Å²) in [6.07, 6.45) is 6.12. The highest BCUT2D eigenvalue weighted by Gasteiger charge is 2.01. The molecule has 0 saturated heterocycles. The zero-order valence-corrected chi connectivity index (χ0v) is 12.8. The Morgan fingerprint density at radius 3 is 1.90 bits per heavy atom. The third-order valence-corrected chi connectivity index (χ3v) is 2.78. The molecule has 0 bridgehead atoms. The molecule has 112 valence electrons. The van der Waals surface area contributed by atoms with Gasteiger partial charge >= 0.3 is 0 Å². The molecular weight excluding hydrogens is 315 g/mol. The van der Waals surface area contributed by atoms with E-state index >= 15 is 0 Å². The van der Waals surface area contributed by atoms with Crippen LogP contribution in [0.25, 0.3) is 0 Å². The number of halogens is 2. The summed E-state index contributed by atoms with van der Waals surface area (Å²) in [7, 11) is 0. The predicted octanol–water partition coefficient (Wildman–Crippen LogP) is 1.35. The van der Waals surface area contributed by atoms with E-state index in [2.05, 4.69) is 25.3 Å². The first kappa shape index (κ1) is 17.2. The molecule has 0 spiro atoms. The second-order valence-corrected chi connectivity index (χ2v) is 4.42. The molecular formula is C12H14Cl2N6O. The molecule has 3 N–H and O–H groups in total. The minimum Gasteiger partial charge on any atom is -0.351 e. The van der Waals surface area contributed by atoms with E-state index in [-0.39, 0.29) is 5.91 Å². The molecule has 2 heterocycles. The van der Waals surface area contributed by atoms with Crippen LogP contribution in [0.4, 0.5) is 0 Å². The Bertz CT molecular complexity index is 595. The molecule has 0 fully saturated rings. The smallest absolute Gasteiger partial charge is 0.217 e. The van der Waals surface area contributed by atoms with Gasteiger partial charge < -0.3 is 11.1 Å². The monoisotopic (exact) mass is 328 g/mol. The number of nitrogens with zero attached hydrogens (tertiary/aromatic N) is 4. The van der Waals surface area contributed by atoms with Crippen molar-refractivity contribution in [2.45, 2.75) is 20.0 Å². The first-order chi connectivity index (χ1) is 10.0. The summed E-state index contributed by atoms with van der Waals surface area (Å²) in [5.74, 6) is -0.114. The molecule has 2 aromatic heterocycles. The van der Waals surface area contributed by atoms with Crippen LogP contribution in [-0.4, -0.2) is 25.8 Å². The summed E-state index contributed by atoms with van der Waals surface area (Å²) in [4.78, 5) is 25.9. The van der Waals surface area contributed by atoms with Crippen molar-refractivity contribution in [1.82, 2.24) is 25.3 Å². The fourth-order valence-corrected chi connectivity index (χ4v) is 1.52. The second-order valence-electron chi connectivity index (χ2n) is 3.70. The highest BCUT2D eigenvalue weighted by molar-refractivity contribution is 6.30. The van der Waals surface area contributed by atoms with Crippen molar-refractivity contribution in [2.24, 2.45) is 5.73 Å². The van der Waals surface area contributed by atoms with E-state index in [1.807, 2.05) is 0 Å². The summed E-state index contributed by atoms with van der Waals surface area (Å²) < 4.78 is 0. The van der Waals surface area contributed by atoms with E-state index in [1.165, 1.54) is 25.5 Å². The maximum Gasteiger partial charge on any atom is 0.217 e. The van der Waals surface area contributed by atoms with Crippen molar-refractivity contribution in [3.63, 3.8) is 0 Å². The van der Waals surface area contributed by atoms with Gasteiger partial charge in [-0.1, -0.05) is 23.2 Å². The van der Waals surface area contributed by atoms with E-state index in [0.717, 1.165) is 0 Å². The van der Waals surface area contributed by atoms with Crippen LogP contribution in [0.5, 0.6) is 0 Å². The van der Waals surface area contributed by atoms with Crippen molar-refractivity contribution in [2.75, 3.05) is 0 Å². The highest BCUT2D eigenvalue weighted by Crippen LogP contribution is 2.07. The van der Waals surface area contributed by atoms with Crippen LogP contribution < -0.4 is 11.1 Å². The minimum atomic E-state index is -0.114. The normalized spacial score (nSPS) is 9.52. The lowest BCUT2D eigenvalue weighted by atomic mass is 10.4. The van der Waals surface area contributed by atoms with Crippen LogP contribution in [0.15, 0.2) is 24.8 Å².